The summed E-state index contributed by atoms with van der Waals surface area (Å²) >= 11 is 0. The molecule has 1 aromatic carbocycles. The molecule has 0 radical (unpaired) electrons. The van der Waals surface area contributed by atoms with Crippen molar-refractivity contribution < 1.29 is 4.74 Å². The Bertz CT molecular complexity index is 1090. The van der Waals surface area contributed by atoms with Gasteiger partial charge in [-0.1, -0.05) is 32.1 Å². The molecule has 3 rings (SSSR count). The highest BCUT2D eigenvalue weighted by molar-refractivity contribution is 5.75. The van der Waals surface area contributed by atoms with E-state index < -0.39 is 0 Å². The van der Waals surface area contributed by atoms with Gasteiger partial charge in [0, 0.05) is 18.7 Å². The third-order valence-electron chi connectivity index (χ3n) is 4.20. The van der Waals surface area contributed by atoms with Gasteiger partial charge in [0.2, 0.25) is 0 Å². The van der Waals surface area contributed by atoms with Crippen LogP contribution in [0.4, 0.5) is 0 Å². The topological polar surface area (TPSA) is 81.9 Å². The Morgan fingerprint density at radius 1 is 1.15 bits per heavy atom. The molecule has 0 aliphatic heterocycles. The molecule has 2 heterocycles. The van der Waals surface area contributed by atoms with Gasteiger partial charge < -0.3 is 9.72 Å². The lowest BCUT2D eigenvalue weighted by atomic mass is 10.2. The van der Waals surface area contributed by atoms with Gasteiger partial charge in [0.1, 0.15) is 17.1 Å². The summed E-state index contributed by atoms with van der Waals surface area (Å²) < 4.78 is 8.36. The summed E-state index contributed by atoms with van der Waals surface area (Å²) in [5, 5.41) is 0. The molecule has 0 aliphatic rings. The van der Waals surface area contributed by atoms with Crippen LogP contribution < -0.4 is 16.0 Å². The number of benzene rings is 1. The standard InChI is InChI=1S/C20H24N4O3/c1-4-10-23-18-16(19(25)24(11-5-2)20(23)26)21-17(22-18)14-8-7-9-15(13-14)27-12-6-3/h6-9,12-13H,4-5,10-11H2,1-3H3,(H,21,22). The zero-order valence-electron chi connectivity index (χ0n) is 15.9. The first kappa shape index (κ1) is 18.7. The Hall–Kier alpha value is -3.09. The van der Waals surface area contributed by atoms with E-state index in [-0.39, 0.29) is 11.2 Å². The first-order valence-electron chi connectivity index (χ1n) is 9.22. The van der Waals surface area contributed by atoms with Crippen LogP contribution in [0.1, 0.15) is 33.6 Å². The average Bonchev–Trinajstić information content (AvgIpc) is 3.12. The third kappa shape index (κ3) is 3.58. The van der Waals surface area contributed by atoms with E-state index >= 15 is 0 Å². The molecule has 0 unspecified atom stereocenters. The van der Waals surface area contributed by atoms with Gasteiger partial charge in [0.15, 0.2) is 5.65 Å². The van der Waals surface area contributed by atoms with E-state index in [9.17, 15) is 9.59 Å². The molecule has 0 saturated carbocycles. The van der Waals surface area contributed by atoms with Crippen LogP contribution in [0.25, 0.3) is 22.6 Å². The molecule has 1 N–H and O–H groups in total. The quantitative estimate of drug-likeness (QED) is 0.649. The number of H-pyrrole nitrogens is 1. The monoisotopic (exact) mass is 368 g/mol. The summed E-state index contributed by atoms with van der Waals surface area (Å²) in [7, 11) is 0. The summed E-state index contributed by atoms with van der Waals surface area (Å²) in [4.78, 5) is 33.2. The molecule has 0 aliphatic carbocycles. The highest BCUT2D eigenvalue weighted by Crippen LogP contribution is 2.23. The maximum Gasteiger partial charge on any atom is 0.332 e. The molecule has 3 aromatic rings. The van der Waals surface area contributed by atoms with Crippen LogP contribution in [0.15, 0.2) is 46.2 Å². The zero-order chi connectivity index (χ0) is 19.4. The Kier molecular flexibility index (Phi) is 5.59. The fourth-order valence-corrected chi connectivity index (χ4v) is 3.01. The smallest absolute Gasteiger partial charge is 0.332 e. The highest BCUT2D eigenvalue weighted by Gasteiger charge is 2.17. The predicted octanol–water partition coefficient (Wildman–Crippen LogP) is 3.29. The first-order chi connectivity index (χ1) is 13.1. The number of nitrogens with one attached hydrogen (secondary N) is 1. The lowest BCUT2D eigenvalue weighted by molar-refractivity contribution is 0.480. The number of hydrogen-bond acceptors (Lipinski definition) is 4. The molecule has 7 heteroatoms. The summed E-state index contributed by atoms with van der Waals surface area (Å²) in [5.74, 6) is 1.20. The van der Waals surface area contributed by atoms with Crippen LogP contribution in [0.5, 0.6) is 5.75 Å². The van der Waals surface area contributed by atoms with E-state index in [1.54, 1.807) is 16.9 Å². The molecular weight excluding hydrogens is 344 g/mol. The maximum absolute atomic E-state index is 12.8. The number of fused-ring (bicyclic) bond motifs is 1. The van der Waals surface area contributed by atoms with Crippen molar-refractivity contribution in [1.82, 2.24) is 19.1 Å². The molecule has 142 valence electrons. The summed E-state index contributed by atoms with van der Waals surface area (Å²) in [6, 6.07) is 7.42. The molecule has 7 nitrogen and oxygen atoms in total. The van der Waals surface area contributed by atoms with Crippen molar-refractivity contribution in [3.05, 3.63) is 57.4 Å². The maximum atomic E-state index is 12.8. The second kappa shape index (κ2) is 8.07. The Morgan fingerprint density at radius 3 is 2.59 bits per heavy atom. The minimum atomic E-state index is -0.329. The number of nitrogens with zero attached hydrogens (tertiary/aromatic N) is 3. The van der Waals surface area contributed by atoms with Crippen LogP contribution in [-0.4, -0.2) is 19.1 Å². The van der Waals surface area contributed by atoms with Crippen molar-refractivity contribution in [1.29, 1.82) is 0 Å². The van der Waals surface area contributed by atoms with E-state index in [0.717, 1.165) is 12.0 Å². The summed E-state index contributed by atoms with van der Waals surface area (Å²) in [5.41, 5.74) is 0.897. The lowest BCUT2D eigenvalue weighted by Gasteiger charge is -2.09. The number of hydrogen-bond donors (Lipinski definition) is 1. The van der Waals surface area contributed by atoms with Gasteiger partial charge >= 0.3 is 5.69 Å². The Morgan fingerprint density at radius 2 is 1.89 bits per heavy atom. The van der Waals surface area contributed by atoms with Crippen molar-refractivity contribution in [3.8, 4) is 17.1 Å². The van der Waals surface area contributed by atoms with Crippen molar-refractivity contribution in [3.63, 3.8) is 0 Å². The van der Waals surface area contributed by atoms with Crippen molar-refractivity contribution in [2.24, 2.45) is 0 Å². The van der Waals surface area contributed by atoms with Crippen LogP contribution in [0.2, 0.25) is 0 Å². The lowest BCUT2D eigenvalue weighted by Crippen LogP contribution is -2.40. The van der Waals surface area contributed by atoms with E-state index in [1.165, 1.54) is 4.57 Å². The second-order valence-electron chi connectivity index (χ2n) is 6.29. The van der Waals surface area contributed by atoms with E-state index in [1.807, 2.05) is 45.0 Å². The number of imidazole rings is 1. The SMILES string of the molecule is CC=COc1cccc(-c2nc3c([nH]2)c(=O)n(CCC)c(=O)n3CCC)c1. The van der Waals surface area contributed by atoms with Crippen LogP contribution >= 0.6 is 0 Å². The van der Waals surface area contributed by atoms with Crippen LogP contribution in [-0.2, 0) is 13.1 Å². The van der Waals surface area contributed by atoms with Gasteiger partial charge in [0.25, 0.3) is 5.56 Å². The summed E-state index contributed by atoms with van der Waals surface area (Å²) in [6.45, 7) is 6.70. The highest BCUT2D eigenvalue weighted by atomic mass is 16.5. The zero-order valence-corrected chi connectivity index (χ0v) is 15.9. The molecule has 27 heavy (non-hydrogen) atoms. The van der Waals surface area contributed by atoms with Gasteiger partial charge in [-0.05, 0) is 31.9 Å². The van der Waals surface area contributed by atoms with Gasteiger partial charge in [-0.2, -0.15) is 0 Å². The molecule has 2 aromatic heterocycles. The van der Waals surface area contributed by atoms with Gasteiger partial charge in [-0.3, -0.25) is 13.9 Å². The fraction of sp³-hybridized carbons (Fsp3) is 0.350. The first-order valence-corrected chi connectivity index (χ1v) is 9.22. The largest absolute Gasteiger partial charge is 0.465 e. The van der Waals surface area contributed by atoms with E-state index in [0.29, 0.717) is 42.2 Å². The number of aryl methyl sites for hydroxylation is 1. The molecular formula is C20H24N4O3. The minimum absolute atomic E-state index is 0.306. The number of aromatic nitrogens is 4. The van der Waals surface area contributed by atoms with Gasteiger partial charge in [-0.15, -0.1) is 0 Å². The molecule has 0 atom stereocenters. The molecule has 0 amide bonds. The normalized spacial score (nSPS) is 11.5. The predicted molar refractivity (Wildman–Crippen MR) is 106 cm³/mol. The minimum Gasteiger partial charge on any atom is -0.465 e. The molecule has 0 bridgehead atoms. The fourth-order valence-electron chi connectivity index (χ4n) is 3.01. The van der Waals surface area contributed by atoms with E-state index in [2.05, 4.69) is 9.97 Å². The van der Waals surface area contributed by atoms with Crippen LogP contribution in [0.3, 0.4) is 0 Å². The van der Waals surface area contributed by atoms with Crippen molar-refractivity contribution >= 4 is 11.2 Å². The second-order valence-corrected chi connectivity index (χ2v) is 6.29. The van der Waals surface area contributed by atoms with Crippen LogP contribution in [0, 0.1) is 0 Å². The number of aromatic amines is 1. The summed E-state index contributed by atoms with van der Waals surface area (Å²) in [6.07, 6.45) is 4.87. The number of rotatable bonds is 7. The molecule has 0 saturated heterocycles. The molecule has 0 spiro atoms. The van der Waals surface area contributed by atoms with Gasteiger partial charge in [0.05, 0.1) is 6.26 Å². The van der Waals surface area contributed by atoms with Crippen molar-refractivity contribution in [2.75, 3.05) is 0 Å². The number of ether oxygens (including phenoxy) is 1. The Balaban J connectivity index is 2.20. The number of allylic oxidation sites excluding steroid dienone is 1. The third-order valence-corrected chi connectivity index (χ3v) is 4.20. The van der Waals surface area contributed by atoms with Gasteiger partial charge in [-0.25, -0.2) is 9.78 Å². The average molecular weight is 368 g/mol. The van der Waals surface area contributed by atoms with E-state index in [4.69, 9.17) is 4.74 Å². The van der Waals surface area contributed by atoms with Crippen molar-refractivity contribution in [2.45, 2.75) is 46.7 Å². The Labute approximate surface area is 156 Å². The molecule has 0 fully saturated rings.